The summed E-state index contributed by atoms with van der Waals surface area (Å²) >= 11 is 0. The molecule has 3 aromatic carbocycles. The highest BCUT2D eigenvalue weighted by Gasteiger charge is 2.31. The molecule has 2 heterocycles. The third kappa shape index (κ3) is 4.33. The highest BCUT2D eigenvalue weighted by Crippen LogP contribution is 2.38. The van der Waals surface area contributed by atoms with Crippen LogP contribution < -0.4 is 4.74 Å². The van der Waals surface area contributed by atoms with Gasteiger partial charge in [0.15, 0.2) is 5.75 Å². The van der Waals surface area contributed by atoms with Crippen molar-refractivity contribution in [1.82, 2.24) is 9.80 Å². The largest absolute Gasteiger partial charge is 0.454 e. The number of carbonyl (C=O) groups excluding carboxylic acids is 1. The van der Waals surface area contributed by atoms with E-state index >= 15 is 0 Å². The van der Waals surface area contributed by atoms with Crippen molar-refractivity contribution in [2.24, 2.45) is 4.99 Å². The first-order valence-corrected chi connectivity index (χ1v) is 11.2. The van der Waals surface area contributed by atoms with E-state index in [9.17, 15) is 9.18 Å². The number of halogens is 1. The van der Waals surface area contributed by atoms with Crippen molar-refractivity contribution >= 4 is 17.4 Å². The van der Waals surface area contributed by atoms with E-state index in [2.05, 4.69) is 11.8 Å². The Labute approximate surface area is 193 Å². The quantitative estimate of drug-likeness (QED) is 0.554. The number of aliphatic imine (C=N–C) groups is 1. The number of hydrogen-bond donors (Lipinski definition) is 0. The number of fused-ring (bicyclic) bond motifs is 2. The van der Waals surface area contributed by atoms with Crippen LogP contribution in [-0.4, -0.2) is 47.2 Å². The molecule has 0 bridgehead atoms. The monoisotopic (exact) mass is 443 g/mol. The fourth-order valence-corrected chi connectivity index (χ4v) is 4.47. The van der Waals surface area contributed by atoms with Gasteiger partial charge in [-0.05, 0) is 61.4 Å². The predicted octanol–water partition coefficient (Wildman–Crippen LogP) is 5.09. The molecular weight excluding hydrogens is 417 g/mol. The maximum atomic E-state index is 13.2. The summed E-state index contributed by atoms with van der Waals surface area (Å²) in [6.07, 6.45) is 0.273. The van der Waals surface area contributed by atoms with Crippen molar-refractivity contribution in [3.63, 3.8) is 0 Å². The zero-order valence-corrected chi connectivity index (χ0v) is 18.8. The van der Waals surface area contributed by atoms with E-state index in [0.29, 0.717) is 19.6 Å². The van der Waals surface area contributed by atoms with E-state index in [0.717, 1.165) is 39.7 Å². The van der Waals surface area contributed by atoms with Crippen LogP contribution >= 0.6 is 0 Å². The summed E-state index contributed by atoms with van der Waals surface area (Å²) in [4.78, 5) is 22.1. The second-order valence-electron chi connectivity index (χ2n) is 8.69. The number of ether oxygens (including phenoxy) is 1. The lowest BCUT2D eigenvalue weighted by atomic mass is 10.1. The number of piperazine rings is 1. The molecule has 2 aliphatic heterocycles. The van der Waals surface area contributed by atoms with E-state index in [1.165, 1.54) is 12.1 Å². The molecule has 5 rings (SSSR count). The third-order valence-electron chi connectivity index (χ3n) is 6.21. The number of para-hydroxylation sites is 1. The third-order valence-corrected chi connectivity index (χ3v) is 6.21. The summed E-state index contributed by atoms with van der Waals surface area (Å²) in [6, 6.07) is 20.1. The van der Waals surface area contributed by atoms with Crippen LogP contribution in [0.5, 0.6) is 11.5 Å². The first kappa shape index (κ1) is 21.2. The summed E-state index contributed by atoms with van der Waals surface area (Å²) in [6.45, 7) is 6.04. The Balaban J connectivity index is 1.38. The van der Waals surface area contributed by atoms with Crippen LogP contribution in [0, 0.1) is 12.7 Å². The van der Waals surface area contributed by atoms with E-state index < -0.39 is 0 Å². The molecule has 6 heteroatoms. The molecule has 1 unspecified atom stereocenters. The van der Waals surface area contributed by atoms with Crippen molar-refractivity contribution < 1.29 is 13.9 Å². The normalized spacial score (nSPS) is 17.4. The zero-order valence-electron chi connectivity index (χ0n) is 18.8. The predicted molar refractivity (Wildman–Crippen MR) is 127 cm³/mol. The van der Waals surface area contributed by atoms with Gasteiger partial charge in [-0.2, -0.15) is 0 Å². The van der Waals surface area contributed by atoms with Gasteiger partial charge in [-0.15, -0.1) is 0 Å². The molecule has 1 fully saturated rings. The fourth-order valence-electron chi connectivity index (χ4n) is 4.47. The maximum absolute atomic E-state index is 13.2. The summed E-state index contributed by atoms with van der Waals surface area (Å²) in [5, 5.41) is 0. The molecule has 1 saturated heterocycles. The zero-order chi connectivity index (χ0) is 22.9. The molecule has 0 spiro atoms. The molecule has 1 atom stereocenters. The van der Waals surface area contributed by atoms with Crippen molar-refractivity contribution in [3.8, 4) is 11.5 Å². The summed E-state index contributed by atoms with van der Waals surface area (Å²) in [5.41, 5.74) is 3.69. The number of hydrogen-bond acceptors (Lipinski definition) is 4. The smallest absolute Gasteiger partial charge is 0.227 e. The molecule has 0 aromatic heterocycles. The highest BCUT2D eigenvalue weighted by molar-refractivity contribution is 6.04. The van der Waals surface area contributed by atoms with Crippen LogP contribution in [0.4, 0.5) is 10.1 Å². The Morgan fingerprint density at radius 3 is 2.64 bits per heavy atom. The van der Waals surface area contributed by atoms with Crippen LogP contribution in [-0.2, 0) is 11.2 Å². The van der Waals surface area contributed by atoms with E-state index in [-0.39, 0.29) is 24.2 Å². The molecule has 0 N–H and O–H groups in total. The number of rotatable bonds is 2. The molecule has 5 nitrogen and oxygen atoms in total. The average molecular weight is 444 g/mol. The Kier molecular flexibility index (Phi) is 5.58. The molecule has 0 aliphatic carbocycles. The van der Waals surface area contributed by atoms with Gasteiger partial charge in [-0.25, -0.2) is 9.38 Å². The minimum atomic E-state index is -0.293. The first-order valence-electron chi connectivity index (χ1n) is 11.2. The summed E-state index contributed by atoms with van der Waals surface area (Å²) < 4.78 is 19.4. The molecule has 168 valence electrons. The second kappa shape index (κ2) is 8.70. The Hall–Kier alpha value is -3.67. The van der Waals surface area contributed by atoms with Crippen LogP contribution in [0.3, 0.4) is 0 Å². The number of benzene rings is 3. The van der Waals surface area contributed by atoms with E-state index in [4.69, 9.17) is 9.73 Å². The van der Waals surface area contributed by atoms with Gasteiger partial charge in [0.2, 0.25) is 5.91 Å². The van der Waals surface area contributed by atoms with E-state index in [1.807, 2.05) is 54.3 Å². The lowest BCUT2D eigenvalue weighted by Crippen LogP contribution is -2.55. The van der Waals surface area contributed by atoms with Gasteiger partial charge in [0.25, 0.3) is 0 Å². The van der Waals surface area contributed by atoms with Gasteiger partial charge >= 0.3 is 0 Å². The van der Waals surface area contributed by atoms with Crippen LogP contribution in [0.15, 0.2) is 71.7 Å². The molecule has 0 saturated carbocycles. The Bertz CT molecular complexity index is 1220. The topological polar surface area (TPSA) is 45.1 Å². The van der Waals surface area contributed by atoms with Crippen molar-refractivity contribution in [1.29, 1.82) is 0 Å². The van der Waals surface area contributed by atoms with Gasteiger partial charge in [0, 0.05) is 25.7 Å². The number of aryl methyl sites for hydroxylation is 1. The minimum absolute atomic E-state index is 0.0169. The Morgan fingerprint density at radius 1 is 1.06 bits per heavy atom. The van der Waals surface area contributed by atoms with Gasteiger partial charge in [-0.3, -0.25) is 4.79 Å². The number of amidine groups is 1. The van der Waals surface area contributed by atoms with Gasteiger partial charge in [-0.1, -0.05) is 30.3 Å². The van der Waals surface area contributed by atoms with Crippen LogP contribution in [0.2, 0.25) is 0 Å². The van der Waals surface area contributed by atoms with Crippen molar-refractivity contribution in [3.05, 3.63) is 89.2 Å². The van der Waals surface area contributed by atoms with E-state index in [1.54, 1.807) is 12.1 Å². The lowest BCUT2D eigenvalue weighted by Gasteiger charge is -2.41. The minimum Gasteiger partial charge on any atom is -0.454 e. The second-order valence-corrected chi connectivity index (χ2v) is 8.69. The van der Waals surface area contributed by atoms with Crippen LogP contribution in [0.25, 0.3) is 0 Å². The molecule has 2 aliphatic rings. The van der Waals surface area contributed by atoms with Gasteiger partial charge in [0.05, 0.1) is 12.0 Å². The molecule has 33 heavy (non-hydrogen) atoms. The molecule has 3 aromatic rings. The number of carbonyl (C=O) groups is 1. The van der Waals surface area contributed by atoms with Crippen LogP contribution in [0.1, 0.15) is 23.6 Å². The van der Waals surface area contributed by atoms with Crippen molar-refractivity contribution in [2.45, 2.75) is 26.3 Å². The number of nitrogens with zero attached hydrogens (tertiary/aromatic N) is 3. The SMILES string of the molecule is Cc1ccc2c(c1)Oc1ccccc1C(N1CCN(C(=O)Cc3ccc(F)cc3)C(C)C1)=N2. The standard InChI is InChI=1S/C27H26FN3O2/c1-18-7-12-23-25(15-18)33-24-6-4-3-5-22(24)27(29-23)30-13-14-31(19(2)17-30)26(32)16-20-8-10-21(28)11-9-20/h3-12,15,19H,13-14,16-17H2,1-2H3. The Morgan fingerprint density at radius 2 is 1.85 bits per heavy atom. The highest BCUT2D eigenvalue weighted by atomic mass is 19.1. The lowest BCUT2D eigenvalue weighted by molar-refractivity contribution is -0.134. The molecule has 0 radical (unpaired) electrons. The number of amides is 1. The maximum Gasteiger partial charge on any atom is 0.227 e. The fraction of sp³-hybridized carbons (Fsp3) is 0.259. The first-order chi connectivity index (χ1) is 16.0. The van der Waals surface area contributed by atoms with Crippen molar-refractivity contribution in [2.75, 3.05) is 19.6 Å². The summed E-state index contributed by atoms with van der Waals surface area (Å²) in [7, 11) is 0. The molecule has 1 amide bonds. The van der Waals surface area contributed by atoms with Gasteiger partial charge < -0.3 is 14.5 Å². The van der Waals surface area contributed by atoms with Gasteiger partial charge in [0.1, 0.15) is 23.1 Å². The molecular formula is C27H26FN3O2. The average Bonchev–Trinajstić information content (AvgIpc) is 2.96. The summed E-state index contributed by atoms with van der Waals surface area (Å²) in [5.74, 6) is 2.16.